The average molecular weight is 512 g/mol. The lowest BCUT2D eigenvalue weighted by molar-refractivity contribution is -0.119. The fraction of sp³-hybridized carbons (Fsp3) is 0.348. The van der Waals surface area contributed by atoms with Crippen molar-refractivity contribution in [3.63, 3.8) is 0 Å². The Balaban J connectivity index is 0.00000306. The van der Waals surface area contributed by atoms with Gasteiger partial charge in [-0.25, -0.2) is 5.43 Å². The van der Waals surface area contributed by atoms with E-state index in [0.717, 1.165) is 17.7 Å². The molecule has 0 spiro atoms. The van der Waals surface area contributed by atoms with Crippen molar-refractivity contribution in [3.8, 4) is 0 Å². The Bertz CT molecular complexity index is 1060. The number of hydrogen-bond donors (Lipinski definition) is 2. The molecule has 2 aromatic carbocycles. The predicted molar refractivity (Wildman–Crippen MR) is 131 cm³/mol. The highest BCUT2D eigenvalue weighted by molar-refractivity contribution is 6.42. The lowest BCUT2D eigenvalue weighted by Gasteiger charge is -2.29. The van der Waals surface area contributed by atoms with E-state index in [1.54, 1.807) is 36.2 Å². The molecule has 4 rings (SSSR count). The number of rotatable bonds is 5. The fourth-order valence-corrected chi connectivity index (χ4v) is 4.33. The molecule has 176 valence electrons. The van der Waals surface area contributed by atoms with Gasteiger partial charge in [-0.1, -0.05) is 41.4 Å². The van der Waals surface area contributed by atoms with E-state index in [2.05, 4.69) is 15.8 Å². The molecule has 7 nitrogen and oxygen atoms in total. The molecule has 2 aliphatic rings. The Morgan fingerprint density at radius 2 is 2.03 bits per heavy atom. The minimum atomic E-state index is -0.216. The summed E-state index contributed by atoms with van der Waals surface area (Å²) in [6.07, 6.45) is -0.00421. The average Bonchev–Trinajstić information content (AvgIpc) is 3.10. The van der Waals surface area contributed by atoms with Crippen LogP contribution < -0.4 is 10.7 Å². The number of nitrogens with one attached hydrogen (secondary N) is 2. The second kappa shape index (κ2) is 11.3. The molecule has 0 saturated carbocycles. The fourth-order valence-electron chi connectivity index (χ4n) is 4.02. The normalized spacial score (nSPS) is 20.3. The Morgan fingerprint density at radius 1 is 1.21 bits per heavy atom. The van der Waals surface area contributed by atoms with Gasteiger partial charge in [-0.2, -0.15) is 5.10 Å². The van der Waals surface area contributed by atoms with Gasteiger partial charge in [-0.3, -0.25) is 9.59 Å². The van der Waals surface area contributed by atoms with Crippen molar-refractivity contribution in [1.29, 1.82) is 0 Å². The van der Waals surface area contributed by atoms with Crippen LogP contribution in [0, 0.1) is 5.92 Å². The summed E-state index contributed by atoms with van der Waals surface area (Å²) in [6, 6.07) is 12.7. The lowest BCUT2D eigenvalue weighted by Crippen LogP contribution is -2.38. The van der Waals surface area contributed by atoms with Crippen LogP contribution in [-0.2, 0) is 9.53 Å². The molecule has 10 heteroatoms. The van der Waals surface area contributed by atoms with Crippen LogP contribution in [0.15, 0.2) is 47.6 Å². The number of carbonyl (C=O) groups excluding carboxylic acids is 2. The van der Waals surface area contributed by atoms with Crippen LogP contribution in [0.5, 0.6) is 0 Å². The summed E-state index contributed by atoms with van der Waals surface area (Å²) in [5.74, 6) is -0.238. The quantitative estimate of drug-likeness (QED) is 0.641. The number of nitrogens with zero attached hydrogens (tertiary/aromatic N) is 2. The van der Waals surface area contributed by atoms with Gasteiger partial charge in [0.25, 0.3) is 5.91 Å². The molecule has 0 bridgehead atoms. The smallest absolute Gasteiger partial charge is 0.253 e. The molecule has 0 aliphatic carbocycles. The van der Waals surface area contributed by atoms with Gasteiger partial charge < -0.3 is 15.0 Å². The summed E-state index contributed by atoms with van der Waals surface area (Å²) < 4.78 is 6.12. The maximum absolute atomic E-state index is 13.2. The maximum atomic E-state index is 13.2. The van der Waals surface area contributed by atoms with Gasteiger partial charge in [0.2, 0.25) is 5.91 Å². The molecule has 0 unspecified atom stereocenters. The number of hydrazone groups is 1. The van der Waals surface area contributed by atoms with Gasteiger partial charge in [0.1, 0.15) is 0 Å². The SMILES string of the molecule is CN(C[C@@H]1CNCCO[C@H]1c1ccc(Cl)c(Cl)c1)C(=O)c1cccc(C2=NNC(=O)C2)c1.Cl. The first-order valence-electron chi connectivity index (χ1n) is 10.4. The summed E-state index contributed by atoms with van der Waals surface area (Å²) >= 11 is 12.3. The molecule has 2 aromatic rings. The summed E-state index contributed by atoms with van der Waals surface area (Å²) in [5.41, 5.74) is 5.31. The molecular formula is C23H25Cl3N4O3. The van der Waals surface area contributed by atoms with Gasteiger partial charge in [-0.05, 0) is 35.4 Å². The third kappa shape index (κ3) is 6.05. The zero-order valence-electron chi connectivity index (χ0n) is 18.0. The standard InChI is InChI=1S/C23H24Cl2N4O3.ClH/c1-29(23(31)16-4-2-3-14(9-16)20-11-21(30)28-27-20)13-17-12-26-7-8-32-22(17)15-5-6-18(24)19(25)10-15;/h2-6,9-10,17,22,26H,7-8,11-13H2,1H3,(H,28,30);1H/t17-,22-;/m0./s1. The second-order valence-corrected chi connectivity index (χ2v) is 8.78. The van der Waals surface area contributed by atoms with Crippen molar-refractivity contribution in [2.24, 2.45) is 11.0 Å². The van der Waals surface area contributed by atoms with Crippen molar-refractivity contribution in [2.45, 2.75) is 12.5 Å². The van der Waals surface area contributed by atoms with Crippen molar-refractivity contribution in [2.75, 3.05) is 33.3 Å². The van der Waals surface area contributed by atoms with E-state index in [-0.39, 0.29) is 42.7 Å². The van der Waals surface area contributed by atoms with Crippen LogP contribution in [0.1, 0.15) is 34.0 Å². The van der Waals surface area contributed by atoms with Gasteiger partial charge >= 0.3 is 0 Å². The van der Waals surface area contributed by atoms with Crippen molar-refractivity contribution >= 4 is 53.1 Å². The van der Waals surface area contributed by atoms with Crippen molar-refractivity contribution in [3.05, 3.63) is 69.2 Å². The Morgan fingerprint density at radius 3 is 2.76 bits per heavy atom. The second-order valence-electron chi connectivity index (χ2n) is 7.97. The van der Waals surface area contributed by atoms with Crippen LogP contribution in [0.3, 0.4) is 0 Å². The third-order valence-electron chi connectivity index (χ3n) is 5.62. The summed E-state index contributed by atoms with van der Waals surface area (Å²) in [6.45, 7) is 2.49. The zero-order valence-corrected chi connectivity index (χ0v) is 20.3. The molecule has 0 radical (unpaired) electrons. The van der Waals surface area contributed by atoms with E-state index in [1.807, 2.05) is 18.2 Å². The topological polar surface area (TPSA) is 83.0 Å². The molecule has 2 aliphatic heterocycles. The monoisotopic (exact) mass is 510 g/mol. The van der Waals surface area contributed by atoms with Crippen molar-refractivity contribution < 1.29 is 14.3 Å². The molecule has 2 atom stereocenters. The van der Waals surface area contributed by atoms with E-state index in [9.17, 15) is 9.59 Å². The highest BCUT2D eigenvalue weighted by Gasteiger charge is 2.29. The highest BCUT2D eigenvalue weighted by Crippen LogP contribution is 2.32. The summed E-state index contributed by atoms with van der Waals surface area (Å²) in [4.78, 5) is 26.3. The molecule has 2 heterocycles. The zero-order chi connectivity index (χ0) is 22.7. The number of hydrogen-bond acceptors (Lipinski definition) is 5. The minimum Gasteiger partial charge on any atom is -0.372 e. The van der Waals surface area contributed by atoms with Gasteiger partial charge in [0.05, 0.1) is 34.9 Å². The Hall–Kier alpha value is -2.16. The van der Waals surface area contributed by atoms with Gasteiger partial charge in [-0.15, -0.1) is 12.4 Å². The van der Waals surface area contributed by atoms with E-state index in [4.69, 9.17) is 27.9 Å². The van der Waals surface area contributed by atoms with E-state index < -0.39 is 0 Å². The van der Waals surface area contributed by atoms with Crippen LogP contribution in [0.25, 0.3) is 0 Å². The number of carbonyl (C=O) groups is 2. The van der Waals surface area contributed by atoms with Crippen LogP contribution in [0.4, 0.5) is 0 Å². The number of amides is 2. The maximum Gasteiger partial charge on any atom is 0.253 e. The molecule has 1 fully saturated rings. The molecular weight excluding hydrogens is 487 g/mol. The van der Waals surface area contributed by atoms with Crippen molar-refractivity contribution in [1.82, 2.24) is 15.6 Å². The Kier molecular flexibility index (Phi) is 8.73. The van der Waals surface area contributed by atoms with Crippen LogP contribution >= 0.6 is 35.6 Å². The van der Waals surface area contributed by atoms with E-state index >= 15 is 0 Å². The molecule has 33 heavy (non-hydrogen) atoms. The van der Waals surface area contributed by atoms with Crippen LogP contribution in [0.2, 0.25) is 10.0 Å². The van der Waals surface area contributed by atoms with E-state index in [1.165, 1.54) is 0 Å². The lowest BCUT2D eigenvalue weighted by atomic mass is 9.94. The number of ether oxygens (including phenoxy) is 1. The molecule has 1 saturated heterocycles. The summed E-state index contributed by atoms with van der Waals surface area (Å²) in [5, 5.41) is 8.40. The minimum absolute atomic E-state index is 0. The van der Waals surface area contributed by atoms with Crippen LogP contribution in [-0.4, -0.2) is 55.7 Å². The highest BCUT2D eigenvalue weighted by atomic mass is 35.5. The van der Waals surface area contributed by atoms with E-state index in [0.29, 0.717) is 41.0 Å². The summed E-state index contributed by atoms with van der Waals surface area (Å²) in [7, 11) is 1.78. The first kappa shape index (κ1) is 25.5. The van der Waals surface area contributed by atoms with Gasteiger partial charge in [0, 0.05) is 38.2 Å². The molecule has 2 N–H and O–H groups in total. The Labute approximate surface area is 208 Å². The number of halogens is 3. The number of benzene rings is 2. The first-order valence-corrected chi connectivity index (χ1v) is 11.2. The molecule has 0 aromatic heterocycles. The first-order chi connectivity index (χ1) is 15.4. The molecule has 2 amide bonds. The van der Waals surface area contributed by atoms with Gasteiger partial charge in [0.15, 0.2) is 0 Å². The third-order valence-corrected chi connectivity index (χ3v) is 6.36. The largest absolute Gasteiger partial charge is 0.372 e. The predicted octanol–water partition coefficient (Wildman–Crippen LogP) is 3.69.